The maximum absolute atomic E-state index is 11.7. The highest BCUT2D eigenvalue weighted by atomic mass is 35.7. The number of ether oxygens (including phenoxy) is 1. The third-order valence-corrected chi connectivity index (χ3v) is 4.06. The number of carbonyl (C=O) groups excluding carboxylic acids is 1. The summed E-state index contributed by atoms with van der Waals surface area (Å²) in [6.07, 6.45) is -0.201. The number of carbonyl (C=O) groups is 1. The van der Waals surface area contributed by atoms with E-state index in [-0.39, 0.29) is 18.2 Å². The molecule has 0 aliphatic carbocycles. The monoisotopic (exact) mass is 347 g/mol. The quantitative estimate of drug-likeness (QED) is 0.802. The fourth-order valence-electron chi connectivity index (χ4n) is 1.92. The molecule has 0 fully saturated rings. The van der Waals surface area contributed by atoms with E-state index in [1.54, 1.807) is 20.8 Å². The summed E-state index contributed by atoms with van der Waals surface area (Å²) in [5.41, 5.74) is 0.366. The van der Waals surface area contributed by atoms with Crippen LogP contribution in [-0.2, 0) is 13.8 Å². The number of hydrogen-bond acceptors (Lipinski definition) is 4. The molecule has 0 radical (unpaired) electrons. The molecule has 7 heteroatoms. The summed E-state index contributed by atoms with van der Waals surface area (Å²) in [6.45, 7) is 5.62. The van der Waals surface area contributed by atoms with Crippen molar-refractivity contribution in [2.24, 2.45) is 0 Å². The second-order valence-corrected chi connectivity index (χ2v) is 8.92. The Balaban J connectivity index is 2.69. The maximum atomic E-state index is 11.7. The average molecular weight is 348 g/mol. The van der Waals surface area contributed by atoms with Gasteiger partial charge in [-0.3, -0.25) is 0 Å². The van der Waals surface area contributed by atoms with E-state index in [0.29, 0.717) is 6.42 Å². The molecule has 5 nitrogen and oxygen atoms in total. The minimum Gasteiger partial charge on any atom is -0.444 e. The van der Waals surface area contributed by atoms with Crippen LogP contribution in [0.5, 0.6) is 0 Å². The third-order valence-electron chi connectivity index (χ3n) is 2.87. The molecule has 0 aliphatic heterocycles. The summed E-state index contributed by atoms with van der Waals surface area (Å²) >= 11 is 0. The molecule has 1 rings (SSSR count). The predicted molar refractivity (Wildman–Crippen MR) is 87.7 cm³/mol. The molecule has 22 heavy (non-hydrogen) atoms. The van der Waals surface area contributed by atoms with Crippen molar-refractivity contribution in [1.29, 1.82) is 0 Å². The van der Waals surface area contributed by atoms with Crippen LogP contribution in [0.15, 0.2) is 30.3 Å². The highest BCUT2D eigenvalue weighted by Crippen LogP contribution is 2.20. The van der Waals surface area contributed by atoms with Crippen LogP contribution < -0.4 is 5.32 Å². The van der Waals surface area contributed by atoms with Crippen molar-refractivity contribution < 1.29 is 17.9 Å². The van der Waals surface area contributed by atoms with Gasteiger partial charge in [0.25, 0.3) is 0 Å². The Bertz CT molecular complexity index is 581. The molecule has 124 valence electrons. The second kappa shape index (κ2) is 7.83. The first-order chi connectivity index (χ1) is 10.1. The number of nitrogens with one attached hydrogen (secondary N) is 1. The van der Waals surface area contributed by atoms with Crippen LogP contribution in [-0.4, -0.2) is 32.4 Å². The van der Waals surface area contributed by atoms with Gasteiger partial charge in [0.2, 0.25) is 9.05 Å². The zero-order valence-electron chi connectivity index (χ0n) is 13.0. The Labute approximate surface area is 136 Å². The number of hydrogen-bond donors (Lipinski definition) is 1. The number of alkyl carbamates (subject to hydrolysis) is 1. The topological polar surface area (TPSA) is 72.5 Å². The van der Waals surface area contributed by atoms with Gasteiger partial charge in [-0.2, -0.15) is 0 Å². The van der Waals surface area contributed by atoms with E-state index in [1.807, 2.05) is 30.3 Å². The lowest BCUT2D eigenvalue weighted by Gasteiger charge is -2.22. The lowest BCUT2D eigenvalue weighted by molar-refractivity contribution is 0.0524. The summed E-state index contributed by atoms with van der Waals surface area (Å²) < 4.78 is 27.5. The largest absolute Gasteiger partial charge is 0.444 e. The van der Waals surface area contributed by atoms with Gasteiger partial charge in [-0.25, -0.2) is 13.2 Å². The fraction of sp³-hybridized carbons (Fsp3) is 0.533. The highest BCUT2D eigenvalue weighted by molar-refractivity contribution is 8.13. The molecule has 1 N–H and O–H groups in total. The Kier molecular flexibility index (Phi) is 6.68. The van der Waals surface area contributed by atoms with Gasteiger partial charge in [-0.1, -0.05) is 30.3 Å². The first-order valence-corrected chi connectivity index (χ1v) is 9.49. The lowest BCUT2D eigenvalue weighted by atomic mass is 9.96. The standard InChI is InChI=1S/C15H22ClNO4S/c1-15(2,3)21-14(18)17-11-13(9-10-22(16,19)20)12-7-5-4-6-8-12/h4-8,13H,9-11H2,1-3H3,(H,17,18). The molecule has 1 aromatic carbocycles. The summed E-state index contributed by atoms with van der Waals surface area (Å²) in [7, 11) is 1.71. The number of halogens is 1. The SMILES string of the molecule is CC(C)(C)OC(=O)NCC(CCS(=O)(=O)Cl)c1ccccc1. The number of benzene rings is 1. The molecule has 1 aromatic rings. The van der Waals surface area contributed by atoms with E-state index in [2.05, 4.69) is 5.32 Å². The van der Waals surface area contributed by atoms with Gasteiger partial charge in [-0.15, -0.1) is 0 Å². The smallest absolute Gasteiger partial charge is 0.407 e. The van der Waals surface area contributed by atoms with Crippen molar-refractivity contribution >= 4 is 25.8 Å². The van der Waals surface area contributed by atoms with E-state index >= 15 is 0 Å². The van der Waals surface area contributed by atoms with Crippen LogP contribution in [0, 0.1) is 0 Å². The number of amides is 1. The molecule has 0 aliphatic rings. The molecular weight excluding hydrogens is 326 g/mol. The van der Waals surface area contributed by atoms with Crippen molar-refractivity contribution in [2.75, 3.05) is 12.3 Å². The Morgan fingerprint density at radius 2 is 1.86 bits per heavy atom. The average Bonchev–Trinajstić information content (AvgIpc) is 2.36. The van der Waals surface area contributed by atoms with Crippen molar-refractivity contribution in [3.63, 3.8) is 0 Å². The van der Waals surface area contributed by atoms with E-state index in [9.17, 15) is 13.2 Å². The molecule has 0 heterocycles. The predicted octanol–water partition coefficient (Wildman–Crippen LogP) is 3.25. The van der Waals surface area contributed by atoms with Crippen LogP contribution in [0.4, 0.5) is 4.79 Å². The molecule has 0 saturated carbocycles. The zero-order chi connectivity index (χ0) is 16.8. The molecule has 0 aromatic heterocycles. The molecule has 1 amide bonds. The molecule has 1 atom stereocenters. The third kappa shape index (κ3) is 8.24. The Morgan fingerprint density at radius 1 is 1.27 bits per heavy atom. The molecule has 1 unspecified atom stereocenters. The van der Waals surface area contributed by atoms with E-state index < -0.39 is 20.7 Å². The highest BCUT2D eigenvalue weighted by Gasteiger charge is 2.19. The normalized spacial score (nSPS) is 13.5. The molecular formula is C15H22ClNO4S. The summed E-state index contributed by atoms with van der Waals surface area (Å²) in [6, 6.07) is 9.39. The van der Waals surface area contributed by atoms with Gasteiger partial charge < -0.3 is 10.1 Å². The zero-order valence-corrected chi connectivity index (χ0v) is 14.6. The Morgan fingerprint density at radius 3 is 2.36 bits per heavy atom. The van der Waals surface area contributed by atoms with Gasteiger partial charge in [0.15, 0.2) is 0 Å². The van der Waals surface area contributed by atoms with Crippen molar-refractivity contribution in [2.45, 2.75) is 38.7 Å². The van der Waals surface area contributed by atoms with Crippen LogP contribution in [0.2, 0.25) is 0 Å². The summed E-state index contributed by atoms with van der Waals surface area (Å²) in [5.74, 6) is -0.299. The van der Waals surface area contributed by atoms with E-state index in [0.717, 1.165) is 5.56 Å². The lowest BCUT2D eigenvalue weighted by Crippen LogP contribution is -2.35. The first kappa shape index (κ1) is 18.8. The maximum Gasteiger partial charge on any atom is 0.407 e. The van der Waals surface area contributed by atoms with Crippen molar-refractivity contribution in [1.82, 2.24) is 5.32 Å². The molecule has 0 bridgehead atoms. The second-order valence-electron chi connectivity index (χ2n) is 6.02. The Hall–Kier alpha value is -1.27. The minimum atomic E-state index is -3.57. The van der Waals surface area contributed by atoms with Gasteiger partial charge in [0.05, 0.1) is 5.75 Å². The van der Waals surface area contributed by atoms with Gasteiger partial charge >= 0.3 is 6.09 Å². The van der Waals surface area contributed by atoms with Crippen molar-refractivity contribution in [3.8, 4) is 0 Å². The van der Waals surface area contributed by atoms with Gasteiger partial charge in [0, 0.05) is 23.1 Å². The van der Waals surface area contributed by atoms with E-state index in [1.165, 1.54) is 0 Å². The van der Waals surface area contributed by atoms with E-state index in [4.69, 9.17) is 15.4 Å². The van der Waals surface area contributed by atoms with Gasteiger partial charge in [-0.05, 0) is 32.8 Å². The van der Waals surface area contributed by atoms with Gasteiger partial charge in [0.1, 0.15) is 5.60 Å². The minimum absolute atomic E-state index is 0.149. The fourth-order valence-corrected chi connectivity index (χ4v) is 2.75. The summed E-state index contributed by atoms with van der Waals surface area (Å²) in [4.78, 5) is 11.7. The van der Waals surface area contributed by atoms with Crippen molar-refractivity contribution in [3.05, 3.63) is 35.9 Å². The first-order valence-electron chi connectivity index (χ1n) is 7.01. The van der Waals surface area contributed by atoms with Crippen LogP contribution in [0.1, 0.15) is 38.7 Å². The van der Waals surface area contributed by atoms with Crippen LogP contribution in [0.3, 0.4) is 0 Å². The molecule has 0 saturated heterocycles. The summed E-state index contributed by atoms with van der Waals surface area (Å²) in [5, 5.41) is 2.67. The van der Waals surface area contributed by atoms with Crippen LogP contribution >= 0.6 is 10.7 Å². The molecule has 0 spiro atoms. The number of rotatable bonds is 6. The van der Waals surface area contributed by atoms with Crippen LogP contribution in [0.25, 0.3) is 0 Å².